The van der Waals surface area contributed by atoms with Crippen LogP contribution in [-0.4, -0.2) is 21.5 Å². The number of nitrogens with one attached hydrogen (secondary N) is 1. The molecule has 4 nitrogen and oxygen atoms in total. The molecule has 1 atom stereocenters. The van der Waals surface area contributed by atoms with E-state index in [9.17, 15) is 0 Å². The predicted octanol–water partition coefficient (Wildman–Crippen LogP) is 2.16. The summed E-state index contributed by atoms with van der Waals surface area (Å²) < 4.78 is 0. The second-order valence-electron chi connectivity index (χ2n) is 4.18. The predicted molar refractivity (Wildman–Crippen MR) is 71.0 cm³/mol. The third-order valence-corrected chi connectivity index (χ3v) is 2.70. The molecule has 18 heavy (non-hydrogen) atoms. The molecule has 2 heterocycles. The number of pyridine rings is 1. The van der Waals surface area contributed by atoms with E-state index in [1.54, 1.807) is 18.6 Å². The minimum absolute atomic E-state index is 0.148. The van der Waals surface area contributed by atoms with Crippen LogP contribution < -0.4 is 5.32 Å². The average Bonchev–Trinajstić information content (AvgIpc) is 2.45. The van der Waals surface area contributed by atoms with E-state index in [4.69, 9.17) is 0 Å². The number of nitrogens with zero attached hydrogens (tertiary/aromatic N) is 3. The lowest BCUT2D eigenvalue weighted by molar-refractivity contribution is 0.504. The first kappa shape index (κ1) is 12.6. The van der Waals surface area contributed by atoms with Crippen molar-refractivity contribution in [1.82, 2.24) is 20.3 Å². The Morgan fingerprint density at radius 2 is 2.00 bits per heavy atom. The highest BCUT2D eigenvalue weighted by Crippen LogP contribution is 2.13. The molecular formula is C14H18N4. The molecule has 94 valence electrons. The summed E-state index contributed by atoms with van der Waals surface area (Å²) in [6.45, 7) is 3.11. The van der Waals surface area contributed by atoms with Crippen molar-refractivity contribution in [1.29, 1.82) is 0 Å². The molecule has 4 heteroatoms. The van der Waals surface area contributed by atoms with Gasteiger partial charge in [-0.3, -0.25) is 4.98 Å². The summed E-state index contributed by atoms with van der Waals surface area (Å²) in [5.74, 6) is 0.842. The van der Waals surface area contributed by atoms with Crippen molar-refractivity contribution in [3.63, 3.8) is 0 Å². The van der Waals surface area contributed by atoms with Crippen LogP contribution in [0.3, 0.4) is 0 Å². The maximum Gasteiger partial charge on any atom is 0.145 e. The van der Waals surface area contributed by atoms with Gasteiger partial charge in [0.25, 0.3) is 0 Å². The van der Waals surface area contributed by atoms with Crippen LogP contribution in [0.2, 0.25) is 0 Å². The fraction of sp³-hybridized carbons (Fsp3) is 0.357. The molecule has 0 fully saturated rings. The molecule has 0 spiro atoms. The van der Waals surface area contributed by atoms with E-state index in [1.165, 1.54) is 5.56 Å². The fourth-order valence-corrected chi connectivity index (χ4v) is 1.82. The largest absolute Gasteiger partial charge is 0.307 e. The highest BCUT2D eigenvalue weighted by Gasteiger charge is 2.13. The van der Waals surface area contributed by atoms with E-state index in [0.717, 1.165) is 25.2 Å². The quantitative estimate of drug-likeness (QED) is 0.843. The molecule has 0 saturated carbocycles. The molecule has 0 aromatic carbocycles. The molecule has 2 aromatic rings. The number of hydrogen-bond acceptors (Lipinski definition) is 4. The van der Waals surface area contributed by atoms with Crippen LogP contribution in [-0.2, 0) is 6.42 Å². The normalized spacial score (nSPS) is 12.3. The van der Waals surface area contributed by atoms with E-state index in [1.807, 2.05) is 18.3 Å². The van der Waals surface area contributed by atoms with Gasteiger partial charge in [0.2, 0.25) is 0 Å². The highest BCUT2D eigenvalue weighted by molar-refractivity contribution is 5.12. The average molecular weight is 242 g/mol. The molecule has 1 unspecified atom stereocenters. The second-order valence-corrected chi connectivity index (χ2v) is 4.18. The van der Waals surface area contributed by atoms with E-state index in [0.29, 0.717) is 0 Å². The summed E-state index contributed by atoms with van der Waals surface area (Å²) in [6, 6.07) is 6.02. The molecule has 0 aliphatic heterocycles. The molecule has 1 N–H and O–H groups in total. The molecule has 0 aliphatic carbocycles. The van der Waals surface area contributed by atoms with Crippen LogP contribution in [0.1, 0.15) is 30.8 Å². The van der Waals surface area contributed by atoms with Gasteiger partial charge in [0.05, 0.1) is 6.04 Å². The molecule has 2 rings (SSSR count). The number of rotatable bonds is 6. The summed E-state index contributed by atoms with van der Waals surface area (Å²) >= 11 is 0. The first-order chi connectivity index (χ1) is 8.90. The van der Waals surface area contributed by atoms with Crippen molar-refractivity contribution in [3.05, 3.63) is 54.4 Å². The molecule has 0 aliphatic rings. The maximum absolute atomic E-state index is 4.33. The smallest absolute Gasteiger partial charge is 0.145 e. The zero-order valence-corrected chi connectivity index (χ0v) is 10.6. The van der Waals surface area contributed by atoms with Crippen molar-refractivity contribution in [3.8, 4) is 0 Å². The molecule has 0 bridgehead atoms. The summed E-state index contributed by atoms with van der Waals surface area (Å²) in [4.78, 5) is 12.8. The second kappa shape index (κ2) is 6.81. The third-order valence-electron chi connectivity index (χ3n) is 2.70. The topological polar surface area (TPSA) is 50.7 Å². The van der Waals surface area contributed by atoms with Crippen molar-refractivity contribution in [2.45, 2.75) is 25.8 Å². The maximum atomic E-state index is 4.33. The Labute approximate surface area is 108 Å². The third kappa shape index (κ3) is 3.60. The van der Waals surface area contributed by atoms with Gasteiger partial charge in [-0.1, -0.05) is 13.0 Å². The van der Waals surface area contributed by atoms with Crippen LogP contribution in [0, 0.1) is 0 Å². The van der Waals surface area contributed by atoms with Crippen LogP contribution in [0.25, 0.3) is 0 Å². The molecular weight excluding hydrogens is 224 g/mol. The van der Waals surface area contributed by atoms with Crippen LogP contribution in [0.4, 0.5) is 0 Å². The van der Waals surface area contributed by atoms with E-state index in [-0.39, 0.29) is 6.04 Å². The first-order valence-corrected chi connectivity index (χ1v) is 6.29. The van der Waals surface area contributed by atoms with Gasteiger partial charge >= 0.3 is 0 Å². The van der Waals surface area contributed by atoms with Crippen LogP contribution in [0.15, 0.2) is 43.0 Å². The summed E-state index contributed by atoms with van der Waals surface area (Å²) in [7, 11) is 0. The fourth-order valence-electron chi connectivity index (χ4n) is 1.82. The van der Waals surface area contributed by atoms with Gasteiger partial charge < -0.3 is 5.32 Å². The standard InChI is InChI=1S/C14H18N4/c1-2-6-16-13(14-17-8-4-9-18-14)10-12-5-3-7-15-11-12/h3-5,7-9,11,13,16H,2,6,10H2,1H3. The Kier molecular flexibility index (Phi) is 4.78. The van der Waals surface area contributed by atoms with Gasteiger partial charge in [0.1, 0.15) is 5.82 Å². The van der Waals surface area contributed by atoms with Gasteiger partial charge in [-0.2, -0.15) is 0 Å². The summed E-state index contributed by atoms with van der Waals surface area (Å²) in [6.07, 6.45) is 9.20. The van der Waals surface area contributed by atoms with Gasteiger partial charge in [0, 0.05) is 24.8 Å². The Morgan fingerprint density at radius 1 is 1.17 bits per heavy atom. The Bertz CT molecular complexity index is 444. The van der Waals surface area contributed by atoms with E-state index < -0.39 is 0 Å². The molecule has 0 radical (unpaired) electrons. The SMILES string of the molecule is CCCNC(Cc1cccnc1)c1ncccn1. The van der Waals surface area contributed by atoms with Crippen molar-refractivity contribution < 1.29 is 0 Å². The Hall–Kier alpha value is -1.81. The van der Waals surface area contributed by atoms with Gasteiger partial charge in [-0.05, 0) is 37.1 Å². The van der Waals surface area contributed by atoms with Crippen molar-refractivity contribution >= 4 is 0 Å². The lowest BCUT2D eigenvalue weighted by Crippen LogP contribution is -2.25. The minimum Gasteiger partial charge on any atom is -0.307 e. The number of hydrogen-bond donors (Lipinski definition) is 1. The monoisotopic (exact) mass is 242 g/mol. The lowest BCUT2D eigenvalue weighted by atomic mass is 10.1. The van der Waals surface area contributed by atoms with Crippen molar-refractivity contribution in [2.75, 3.05) is 6.54 Å². The molecule has 0 amide bonds. The minimum atomic E-state index is 0.148. The van der Waals surface area contributed by atoms with Crippen LogP contribution >= 0.6 is 0 Å². The Morgan fingerprint density at radius 3 is 2.67 bits per heavy atom. The molecule has 0 saturated heterocycles. The summed E-state index contributed by atoms with van der Waals surface area (Å²) in [5, 5.41) is 3.48. The zero-order valence-electron chi connectivity index (χ0n) is 10.6. The van der Waals surface area contributed by atoms with Gasteiger partial charge in [-0.25, -0.2) is 9.97 Å². The van der Waals surface area contributed by atoms with E-state index >= 15 is 0 Å². The number of aromatic nitrogens is 3. The zero-order chi connectivity index (χ0) is 12.6. The molecule has 2 aromatic heterocycles. The lowest BCUT2D eigenvalue weighted by Gasteiger charge is -2.16. The van der Waals surface area contributed by atoms with Gasteiger partial charge in [-0.15, -0.1) is 0 Å². The van der Waals surface area contributed by atoms with E-state index in [2.05, 4.69) is 33.3 Å². The van der Waals surface area contributed by atoms with Crippen molar-refractivity contribution in [2.24, 2.45) is 0 Å². The summed E-state index contributed by atoms with van der Waals surface area (Å²) in [5.41, 5.74) is 1.19. The van der Waals surface area contributed by atoms with Crippen LogP contribution in [0.5, 0.6) is 0 Å². The first-order valence-electron chi connectivity index (χ1n) is 6.29. The Balaban J connectivity index is 2.10. The van der Waals surface area contributed by atoms with Gasteiger partial charge in [0.15, 0.2) is 0 Å². The highest BCUT2D eigenvalue weighted by atomic mass is 15.0.